The number of amides is 2. The molecule has 0 unspecified atom stereocenters. The van der Waals surface area contributed by atoms with Crippen LogP contribution in [0.5, 0.6) is 0 Å². The fraction of sp³-hybridized carbons (Fsp3) is 0.200. The molecule has 5 aromatic rings. The first kappa shape index (κ1) is 31.6. The number of Topliss-reactive ketones (excluding diaryl/α,β-unsaturated/α-hetero) is 1. The number of para-hydroxylation sites is 1. The highest BCUT2D eigenvalue weighted by molar-refractivity contribution is 6.01. The van der Waals surface area contributed by atoms with Crippen molar-refractivity contribution < 1.29 is 28.7 Å². The van der Waals surface area contributed by atoms with Crippen LogP contribution < -0.4 is 16.2 Å². The van der Waals surface area contributed by atoms with Gasteiger partial charge in [0.25, 0.3) is 11.4 Å². The molecule has 0 spiro atoms. The van der Waals surface area contributed by atoms with Gasteiger partial charge in [0.1, 0.15) is 23.8 Å². The van der Waals surface area contributed by atoms with Crippen molar-refractivity contribution in [2.45, 2.75) is 45.2 Å². The van der Waals surface area contributed by atoms with Crippen molar-refractivity contribution in [3.05, 3.63) is 130 Å². The minimum atomic E-state index is -1.51. The zero-order valence-corrected chi connectivity index (χ0v) is 25.1. The van der Waals surface area contributed by atoms with E-state index in [0.29, 0.717) is 29.6 Å². The SMILES string of the molecule is Cc1cccc2nc(C(=O)[C@H](CC(=O)O)NC(=O)Cn3c(Cc4ccccc4)ccc(NC(=O)CCc4ccccc4)c3=O)oc12. The standard InChI is InChI=1S/C35H32N4O7/c1-22-9-8-14-26-33(22)46-34(38-26)32(44)28(20-31(42)43)37-30(41)21-39-25(19-24-12-6-3-7-13-24)16-17-27(35(39)45)36-29(40)18-15-23-10-4-2-5-11-23/h2-14,16-17,28H,15,18-21H2,1H3,(H,36,40)(H,37,41)(H,42,43)/t28-/m0/s1. The van der Waals surface area contributed by atoms with Crippen molar-refractivity contribution in [3.8, 4) is 0 Å². The molecular weight excluding hydrogens is 588 g/mol. The molecule has 0 saturated heterocycles. The van der Waals surface area contributed by atoms with Crippen LogP contribution in [0.3, 0.4) is 0 Å². The van der Waals surface area contributed by atoms with Crippen molar-refractivity contribution in [1.82, 2.24) is 14.9 Å². The van der Waals surface area contributed by atoms with Crippen LogP contribution in [0.4, 0.5) is 5.69 Å². The molecule has 0 aliphatic heterocycles. The summed E-state index contributed by atoms with van der Waals surface area (Å²) in [4.78, 5) is 68.9. The van der Waals surface area contributed by atoms with Gasteiger partial charge in [-0.15, -0.1) is 0 Å². The van der Waals surface area contributed by atoms with Gasteiger partial charge in [-0.2, -0.15) is 0 Å². The largest absolute Gasteiger partial charge is 0.481 e. The van der Waals surface area contributed by atoms with Gasteiger partial charge in [-0.1, -0.05) is 72.8 Å². The number of anilines is 1. The average molecular weight is 621 g/mol. The van der Waals surface area contributed by atoms with Crippen LogP contribution >= 0.6 is 0 Å². The monoisotopic (exact) mass is 620 g/mol. The van der Waals surface area contributed by atoms with Crippen LogP contribution in [-0.4, -0.2) is 44.3 Å². The first-order valence-corrected chi connectivity index (χ1v) is 14.7. The summed E-state index contributed by atoms with van der Waals surface area (Å²) in [5, 5.41) is 14.6. The fourth-order valence-corrected chi connectivity index (χ4v) is 5.07. The Labute approximate surface area is 263 Å². The number of rotatable bonds is 13. The van der Waals surface area contributed by atoms with E-state index < -0.39 is 42.2 Å². The number of fused-ring (bicyclic) bond motifs is 1. The third-order valence-corrected chi connectivity index (χ3v) is 7.41. The van der Waals surface area contributed by atoms with Gasteiger partial charge in [0.2, 0.25) is 17.6 Å². The molecule has 46 heavy (non-hydrogen) atoms. The second kappa shape index (κ2) is 14.3. The molecule has 234 valence electrons. The molecule has 11 heteroatoms. The van der Waals surface area contributed by atoms with Gasteiger partial charge in [0, 0.05) is 18.5 Å². The summed E-state index contributed by atoms with van der Waals surface area (Å²) in [5.74, 6) is -3.63. The third-order valence-electron chi connectivity index (χ3n) is 7.41. The quantitative estimate of drug-likeness (QED) is 0.164. The van der Waals surface area contributed by atoms with Crippen LogP contribution in [0.1, 0.15) is 45.9 Å². The number of hydrogen-bond acceptors (Lipinski definition) is 7. The molecule has 0 aliphatic rings. The molecule has 2 heterocycles. The van der Waals surface area contributed by atoms with E-state index in [9.17, 15) is 29.1 Å². The van der Waals surface area contributed by atoms with E-state index >= 15 is 0 Å². The fourth-order valence-electron chi connectivity index (χ4n) is 5.07. The van der Waals surface area contributed by atoms with E-state index in [4.69, 9.17) is 4.42 Å². The number of nitrogens with zero attached hydrogens (tertiary/aromatic N) is 2. The van der Waals surface area contributed by atoms with Crippen molar-refractivity contribution in [2.24, 2.45) is 0 Å². The Morgan fingerprint density at radius 2 is 1.57 bits per heavy atom. The van der Waals surface area contributed by atoms with Crippen molar-refractivity contribution in [3.63, 3.8) is 0 Å². The number of hydrogen-bond donors (Lipinski definition) is 3. The molecule has 3 N–H and O–H groups in total. The van der Waals surface area contributed by atoms with Crippen LogP contribution in [0.2, 0.25) is 0 Å². The minimum Gasteiger partial charge on any atom is -0.481 e. The van der Waals surface area contributed by atoms with Crippen LogP contribution in [0.15, 0.2) is 100 Å². The molecule has 0 fully saturated rings. The van der Waals surface area contributed by atoms with E-state index in [0.717, 1.165) is 16.7 Å². The van der Waals surface area contributed by atoms with Gasteiger partial charge in [-0.3, -0.25) is 24.0 Å². The lowest BCUT2D eigenvalue weighted by atomic mass is 10.1. The van der Waals surface area contributed by atoms with E-state index in [1.165, 1.54) is 10.6 Å². The summed E-state index contributed by atoms with van der Waals surface area (Å²) in [6, 6.07) is 25.6. The maximum atomic E-state index is 13.7. The highest BCUT2D eigenvalue weighted by Crippen LogP contribution is 2.21. The molecular formula is C35H32N4O7. The second-order valence-corrected chi connectivity index (χ2v) is 10.9. The summed E-state index contributed by atoms with van der Waals surface area (Å²) in [5.41, 5.74) is 3.23. The lowest BCUT2D eigenvalue weighted by Gasteiger charge is -2.18. The van der Waals surface area contributed by atoms with Crippen molar-refractivity contribution >= 4 is 40.4 Å². The lowest BCUT2D eigenvalue weighted by molar-refractivity contribution is -0.137. The van der Waals surface area contributed by atoms with Gasteiger partial charge < -0.3 is 24.7 Å². The van der Waals surface area contributed by atoms with Gasteiger partial charge in [-0.05, 0) is 48.2 Å². The predicted octanol–water partition coefficient (Wildman–Crippen LogP) is 4.30. The van der Waals surface area contributed by atoms with Gasteiger partial charge >= 0.3 is 5.97 Å². The van der Waals surface area contributed by atoms with Crippen LogP contribution in [0.25, 0.3) is 11.1 Å². The first-order valence-electron chi connectivity index (χ1n) is 14.7. The van der Waals surface area contributed by atoms with E-state index in [2.05, 4.69) is 15.6 Å². The number of carboxylic acid groups (broad SMARTS) is 1. The second-order valence-electron chi connectivity index (χ2n) is 10.9. The average Bonchev–Trinajstić information content (AvgIpc) is 3.49. The molecule has 5 rings (SSSR count). The minimum absolute atomic E-state index is 0.0114. The number of ketones is 1. The molecule has 11 nitrogen and oxygen atoms in total. The first-order chi connectivity index (χ1) is 22.2. The topological polar surface area (TPSA) is 161 Å². The van der Waals surface area contributed by atoms with Crippen LogP contribution in [-0.2, 0) is 33.8 Å². The Bertz CT molecular complexity index is 1950. The molecule has 2 aromatic heterocycles. The zero-order chi connectivity index (χ0) is 32.6. The summed E-state index contributed by atoms with van der Waals surface area (Å²) >= 11 is 0. The summed E-state index contributed by atoms with van der Waals surface area (Å²) in [6.07, 6.45) is 0.189. The lowest BCUT2D eigenvalue weighted by Crippen LogP contribution is -2.45. The Balaban J connectivity index is 1.38. The summed E-state index contributed by atoms with van der Waals surface area (Å²) in [7, 11) is 0. The van der Waals surface area contributed by atoms with Gasteiger partial charge in [-0.25, -0.2) is 4.98 Å². The molecule has 1 atom stereocenters. The number of carbonyl (C=O) groups is 4. The van der Waals surface area contributed by atoms with E-state index in [1.54, 1.807) is 31.2 Å². The van der Waals surface area contributed by atoms with E-state index in [1.807, 2.05) is 60.7 Å². The number of pyridine rings is 1. The summed E-state index contributed by atoms with van der Waals surface area (Å²) < 4.78 is 6.84. The molecule has 0 aliphatic carbocycles. The zero-order valence-electron chi connectivity index (χ0n) is 25.1. The number of aliphatic carboxylic acids is 1. The number of nitrogens with one attached hydrogen (secondary N) is 2. The number of aryl methyl sites for hydroxylation is 2. The molecule has 3 aromatic carbocycles. The normalized spacial score (nSPS) is 11.6. The summed E-state index contributed by atoms with van der Waals surface area (Å²) in [6.45, 7) is 1.24. The highest BCUT2D eigenvalue weighted by atomic mass is 16.4. The Morgan fingerprint density at radius 1 is 0.870 bits per heavy atom. The molecule has 0 bridgehead atoms. The van der Waals surface area contributed by atoms with Crippen LogP contribution in [0, 0.1) is 6.92 Å². The molecule has 2 amide bonds. The molecule has 0 saturated carbocycles. The molecule has 0 radical (unpaired) electrons. The smallest absolute Gasteiger partial charge is 0.305 e. The van der Waals surface area contributed by atoms with Crippen molar-refractivity contribution in [1.29, 1.82) is 0 Å². The predicted molar refractivity (Wildman–Crippen MR) is 171 cm³/mol. The van der Waals surface area contributed by atoms with Gasteiger partial charge in [0.15, 0.2) is 5.58 Å². The highest BCUT2D eigenvalue weighted by Gasteiger charge is 2.29. The van der Waals surface area contributed by atoms with E-state index in [-0.39, 0.29) is 23.9 Å². The maximum absolute atomic E-state index is 13.7. The number of benzene rings is 3. The number of carbonyl (C=O) groups excluding carboxylic acids is 3. The van der Waals surface area contributed by atoms with Crippen molar-refractivity contribution in [2.75, 3.05) is 5.32 Å². The van der Waals surface area contributed by atoms with Gasteiger partial charge in [0.05, 0.1) is 6.42 Å². The maximum Gasteiger partial charge on any atom is 0.305 e. The Morgan fingerprint density at radius 3 is 2.24 bits per heavy atom. The Kier molecular flexibility index (Phi) is 9.81. The number of oxazole rings is 1. The Hall–Kier alpha value is -5.84. The third kappa shape index (κ3) is 7.81. The number of aromatic nitrogens is 2. The number of carboxylic acids is 1.